The summed E-state index contributed by atoms with van der Waals surface area (Å²) in [7, 11) is 0. The third kappa shape index (κ3) is 3.68. The summed E-state index contributed by atoms with van der Waals surface area (Å²) in [4.78, 5) is 34.8. The molecule has 0 spiro atoms. The number of ketones is 1. The van der Waals surface area contributed by atoms with Crippen molar-refractivity contribution in [2.45, 2.75) is 40.0 Å². The van der Waals surface area contributed by atoms with Gasteiger partial charge in [-0.3, -0.25) is 19.3 Å². The SMILES string of the molecule is CCC(=O)CN(C(=O)CC)C(=O)CC. The summed E-state index contributed by atoms with van der Waals surface area (Å²) < 4.78 is 0. The summed E-state index contributed by atoms with van der Waals surface area (Å²) in [5, 5.41) is 0. The Hall–Kier alpha value is -1.19. The molecule has 0 aliphatic carbocycles. The van der Waals surface area contributed by atoms with E-state index in [1.807, 2.05) is 0 Å². The molecule has 0 saturated heterocycles. The lowest BCUT2D eigenvalue weighted by Crippen LogP contribution is -2.39. The largest absolute Gasteiger partial charge is 0.298 e. The third-order valence-corrected chi connectivity index (χ3v) is 1.94. The van der Waals surface area contributed by atoms with Crippen molar-refractivity contribution in [1.29, 1.82) is 0 Å². The van der Waals surface area contributed by atoms with Gasteiger partial charge < -0.3 is 0 Å². The number of carbonyl (C=O) groups excluding carboxylic acids is 3. The van der Waals surface area contributed by atoms with Crippen LogP contribution in [-0.2, 0) is 14.4 Å². The van der Waals surface area contributed by atoms with Crippen molar-refractivity contribution in [3.8, 4) is 0 Å². The van der Waals surface area contributed by atoms with E-state index < -0.39 is 0 Å². The van der Waals surface area contributed by atoms with Gasteiger partial charge in [0, 0.05) is 19.3 Å². The third-order valence-electron chi connectivity index (χ3n) is 1.94. The van der Waals surface area contributed by atoms with Crippen LogP contribution < -0.4 is 0 Å². The van der Waals surface area contributed by atoms with E-state index in [2.05, 4.69) is 0 Å². The summed E-state index contributed by atoms with van der Waals surface area (Å²) in [5.41, 5.74) is 0. The minimum atomic E-state index is -0.279. The normalized spacial score (nSPS) is 9.64. The van der Waals surface area contributed by atoms with Crippen molar-refractivity contribution in [3.05, 3.63) is 0 Å². The van der Waals surface area contributed by atoms with Crippen LogP contribution >= 0.6 is 0 Å². The molecular formula is C10H17NO3. The second kappa shape index (κ2) is 6.29. The van der Waals surface area contributed by atoms with E-state index in [0.29, 0.717) is 6.42 Å². The van der Waals surface area contributed by atoms with E-state index in [4.69, 9.17) is 0 Å². The predicted octanol–water partition coefficient (Wildman–Crippen LogP) is 1.14. The Morgan fingerprint density at radius 3 is 1.57 bits per heavy atom. The Morgan fingerprint density at radius 1 is 0.857 bits per heavy atom. The molecular weight excluding hydrogens is 182 g/mol. The van der Waals surface area contributed by atoms with Gasteiger partial charge in [-0.1, -0.05) is 20.8 Å². The van der Waals surface area contributed by atoms with Crippen molar-refractivity contribution < 1.29 is 14.4 Å². The molecule has 0 aromatic heterocycles. The standard InChI is InChI=1S/C10H17NO3/c1-4-8(12)7-11(9(13)5-2)10(14)6-3/h4-7H2,1-3H3. The lowest BCUT2D eigenvalue weighted by Gasteiger charge is -2.18. The Balaban J connectivity index is 4.48. The molecule has 0 saturated carbocycles. The highest BCUT2D eigenvalue weighted by molar-refractivity contribution is 5.99. The van der Waals surface area contributed by atoms with Crippen molar-refractivity contribution in [3.63, 3.8) is 0 Å². The van der Waals surface area contributed by atoms with Crippen molar-refractivity contribution in [2.75, 3.05) is 6.54 Å². The highest BCUT2D eigenvalue weighted by Crippen LogP contribution is 1.99. The van der Waals surface area contributed by atoms with Gasteiger partial charge in [0.1, 0.15) is 0 Å². The van der Waals surface area contributed by atoms with Gasteiger partial charge in [0.2, 0.25) is 11.8 Å². The number of rotatable bonds is 5. The van der Waals surface area contributed by atoms with Crippen molar-refractivity contribution >= 4 is 17.6 Å². The van der Waals surface area contributed by atoms with Crippen molar-refractivity contribution in [2.24, 2.45) is 0 Å². The molecule has 0 atom stereocenters. The van der Waals surface area contributed by atoms with Crippen LogP contribution in [0.2, 0.25) is 0 Å². The fourth-order valence-corrected chi connectivity index (χ4v) is 0.985. The summed E-state index contributed by atoms with van der Waals surface area (Å²) in [6.45, 7) is 4.99. The monoisotopic (exact) mass is 199 g/mol. The van der Waals surface area contributed by atoms with Crippen LogP contribution in [0.15, 0.2) is 0 Å². The van der Waals surface area contributed by atoms with Gasteiger partial charge in [-0.05, 0) is 0 Å². The fourth-order valence-electron chi connectivity index (χ4n) is 0.985. The number of imide groups is 1. The van der Waals surface area contributed by atoms with Crippen LogP contribution in [0.5, 0.6) is 0 Å². The van der Waals surface area contributed by atoms with E-state index in [1.165, 1.54) is 0 Å². The molecule has 0 radical (unpaired) electrons. The van der Waals surface area contributed by atoms with E-state index in [-0.39, 0.29) is 37.0 Å². The average Bonchev–Trinajstić information content (AvgIpc) is 2.23. The fraction of sp³-hybridized carbons (Fsp3) is 0.700. The zero-order chi connectivity index (χ0) is 11.1. The van der Waals surface area contributed by atoms with Gasteiger partial charge in [0.05, 0.1) is 6.54 Å². The van der Waals surface area contributed by atoms with Gasteiger partial charge in [-0.25, -0.2) is 0 Å². The first-order chi connectivity index (χ1) is 6.56. The summed E-state index contributed by atoms with van der Waals surface area (Å²) >= 11 is 0. The second-order valence-electron chi connectivity index (χ2n) is 2.97. The van der Waals surface area contributed by atoms with Crippen LogP contribution in [-0.4, -0.2) is 29.0 Å². The molecule has 0 unspecified atom stereocenters. The van der Waals surface area contributed by atoms with Gasteiger partial charge in [0.15, 0.2) is 5.78 Å². The van der Waals surface area contributed by atoms with Crippen molar-refractivity contribution in [1.82, 2.24) is 4.90 Å². The van der Waals surface area contributed by atoms with Crippen LogP contribution in [0.1, 0.15) is 40.0 Å². The molecule has 0 bridgehead atoms. The first-order valence-electron chi connectivity index (χ1n) is 4.91. The van der Waals surface area contributed by atoms with Crippen LogP contribution in [0.4, 0.5) is 0 Å². The van der Waals surface area contributed by atoms with E-state index >= 15 is 0 Å². The highest BCUT2D eigenvalue weighted by atomic mass is 16.2. The quantitative estimate of drug-likeness (QED) is 0.667. The molecule has 2 amide bonds. The van der Waals surface area contributed by atoms with E-state index in [0.717, 1.165) is 4.90 Å². The second-order valence-corrected chi connectivity index (χ2v) is 2.97. The number of Topliss-reactive ketones (excluding diaryl/α,β-unsaturated/α-hetero) is 1. The number of amides is 2. The molecule has 0 aliphatic rings. The molecule has 0 aromatic carbocycles. The minimum absolute atomic E-state index is 0.0736. The predicted molar refractivity (Wildman–Crippen MR) is 52.6 cm³/mol. The molecule has 0 fully saturated rings. The van der Waals surface area contributed by atoms with Crippen LogP contribution in [0.25, 0.3) is 0 Å². The maximum absolute atomic E-state index is 11.3. The Kier molecular flexibility index (Phi) is 5.76. The average molecular weight is 199 g/mol. The first-order valence-corrected chi connectivity index (χ1v) is 4.91. The number of carbonyl (C=O) groups is 3. The molecule has 0 aliphatic heterocycles. The molecule has 4 nitrogen and oxygen atoms in total. The molecule has 0 aromatic rings. The Bertz CT molecular complexity index is 220. The maximum Gasteiger partial charge on any atom is 0.229 e. The van der Waals surface area contributed by atoms with Gasteiger partial charge in [0.25, 0.3) is 0 Å². The van der Waals surface area contributed by atoms with Crippen LogP contribution in [0.3, 0.4) is 0 Å². The minimum Gasteiger partial charge on any atom is -0.298 e. The number of hydrogen-bond acceptors (Lipinski definition) is 3. The van der Waals surface area contributed by atoms with Gasteiger partial charge in [-0.2, -0.15) is 0 Å². The summed E-state index contributed by atoms with van der Waals surface area (Å²) in [6, 6.07) is 0. The zero-order valence-electron chi connectivity index (χ0n) is 9.00. The Morgan fingerprint density at radius 2 is 1.29 bits per heavy atom. The molecule has 4 heteroatoms. The highest BCUT2D eigenvalue weighted by Gasteiger charge is 2.20. The van der Waals surface area contributed by atoms with E-state index in [9.17, 15) is 14.4 Å². The molecule has 0 N–H and O–H groups in total. The first kappa shape index (κ1) is 12.8. The smallest absolute Gasteiger partial charge is 0.229 e. The van der Waals surface area contributed by atoms with Gasteiger partial charge >= 0.3 is 0 Å². The molecule has 80 valence electrons. The summed E-state index contributed by atoms with van der Waals surface area (Å²) in [5.74, 6) is -0.647. The Labute approximate surface area is 84.3 Å². The lowest BCUT2D eigenvalue weighted by molar-refractivity contribution is -0.147. The van der Waals surface area contributed by atoms with Gasteiger partial charge in [-0.15, -0.1) is 0 Å². The topological polar surface area (TPSA) is 54.5 Å². The zero-order valence-corrected chi connectivity index (χ0v) is 9.00. The summed E-state index contributed by atoms with van der Waals surface area (Å²) in [6.07, 6.45) is 0.857. The molecule has 0 heterocycles. The number of hydrogen-bond donors (Lipinski definition) is 0. The van der Waals surface area contributed by atoms with E-state index in [1.54, 1.807) is 20.8 Å². The maximum atomic E-state index is 11.3. The molecule has 14 heavy (non-hydrogen) atoms. The molecule has 0 rings (SSSR count). The van der Waals surface area contributed by atoms with Crippen LogP contribution in [0, 0.1) is 0 Å². The number of nitrogens with zero attached hydrogens (tertiary/aromatic N) is 1. The lowest BCUT2D eigenvalue weighted by atomic mass is 10.2.